The second-order valence-corrected chi connectivity index (χ2v) is 5.51. The highest BCUT2D eigenvalue weighted by molar-refractivity contribution is 7.99. The lowest BCUT2D eigenvalue weighted by atomic mass is 10.2. The van der Waals surface area contributed by atoms with Gasteiger partial charge in [0.05, 0.1) is 10.6 Å². The van der Waals surface area contributed by atoms with Crippen molar-refractivity contribution >= 4 is 35.1 Å². The summed E-state index contributed by atoms with van der Waals surface area (Å²) in [6.45, 7) is 3.01. The molecule has 0 saturated carbocycles. The van der Waals surface area contributed by atoms with Crippen LogP contribution < -0.4 is 4.90 Å². The number of aromatic nitrogens is 1. The molecule has 1 N–H and O–H groups in total. The Kier molecular flexibility index (Phi) is 3.79. The molecule has 0 radical (unpaired) electrons. The normalized spacial score (nSPS) is 20.4. The third-order valence-corrected chi connectivity index (χ3v) is 4.18. The van der Waals surface area contributed by atoms with Gasteiger partial charge in [0.1, 0.15) is 5.82 Å². The van der Waals surface area contributed by atoms with Gasteiger partial charge in [-0.25, -0.2) is 9.78 Å². The van der Waals surface area contributed by atoms with E-state index in [4.69, 9.17) is 16.7 Å². The molecule has 1 aliphatic rings. The minimum absolute atomic E-state index is 0.123. The van der Waals surface area contributed by atoms with Gasteiger partial charge in [0.15, 0.2) is 0 Å². The van der Waals surface area contributed by atoms with E-state index in [1.54, 1.807) is 0 Å². The largest absolute Gasteiger partial charge is 0.478 e. The first-order chi connectivity index (χ1) is 8.09. The monoisotopic (exact) mass is 272 g/mol. The number of halogens is 1. The SMILES string of the molecule is CC1CSCCN1c1ncc(C(=O)O)cc1Cl. The second kappa shape index (κ2) is 5.14. The summed E-state index contributed by atoms with van der Waals surface area (Å²) >= 11 is 8.01. The van der Waals surface area contributed by atoms with Gasteiger partial charge >= 0.3 is 5.97 Å². The Hall–Kier alpha value is -0.940. The Morgan fingerprint density at radius 1 is 1.71 bits per heavy atom. The maximum Gasteiger partial charge on any atom is 0.337 e. The average molecular weight is 273 g/mol. The number of nitrogens with zero attached hydrogens (tertiary/aromatic N) is 2. The zero-order valence-electron chi connectivity index (χ0n) is 9.39. The predicted molar refractivity (Wildman–Crippen MR) is 70.3 cm³/mol. The summed E-state index contributed by atoms with van der Waals surface area (Å²) in [6, 6.07) is 1.83. The molecule has 4 nitrogen and oxygen atoms in total. The third kappa shape index (κ3) is 2.66. The van der Waals surface area contributed by atoms with Gasteiger partial charge in [0.2, 0.25) is 0 Å². The van der Waals surface area contributed by atoms with Crippen LogP contribution in [-0.2, 0) is 0 Å². The molecule has 1 aromatic heterocycles. The van der Waals surface area contributed by atoms with Crippen LogP contribution in [0.25, 0.3) is 0 Å². The molecule has 6 heteroatoms. The molecule has 92 valence electrons. The van der Waals surface area contributed by atoms with Crippen molar-refractivity contribution in [2.75, 3.05) is 23.0 Å². The molecular weight excluding hydrogens is 260 g/mol. The smallest absolute Gasteiger partial charge is 0.337 e. The van der Waals surface area contributed by atoms with Crippen LogP contribution in [0.3, 0.4) is 0 Å². The Morgan fingerprint density at radius 2 is 2.47 bits per heavy atom. The van der Waals surface area contributed by atoms with Crippen LogP contribution in [0.1, 0.15) is 17.3 Å². The van der Waals surface area contributed by atoms with Gasteiger partial charge in [0.25, 0.3) is 0 Å². The predicted octanol–water partition coefficient (Wildman–Crippen LogP) is 2.37. The van der Waals surface area contributed by atoms with Gasteiger partial charge in [-0.3, -0.25) is 0 Å². The number of carbonyl (C=O) groups is 1. The molecule has 1 unspecified atom stereocenters. The minimum Gasteiger partial charge on any atom is -0.478 e. The lowest BCUT2D eigenvalue weighted by Crippen LogP contribution is -2.41. The van der Waals surface area contributed by atoms with Crippen LogP contribution in [0.15, 0.2) is 12.3 Å². The molecule has 0 aromatic carbocycles. The lowest BCUT2D eigenvalue weighted by molar-refractivity contribution is 0.0696. The molecule has 0 amide bonds. The van der Waals surface area contributed by atoms with E-state index < -0.39 is 5.97 Å². The topological polar surface area (TPSA) is 53.4 Å². The van der Waals surface area contributed by atoms with Gasteiger partial charge in [0, 0.05) is 30.3 Å². The summed E-state index contributed by atoms with van der Waals surface area (Å²) in [5, 5.41) is 9.25. The summed E-state index contributed by atoms with van der Waals surface area (Å²) < 4.78 is 0. The average Bonchev–Trinajstić information content (AvgIpc) is 2.30. The van der Waals surface area contributed by atoms with Crippen molar-refractivity contribution < 1.29 is 9.90 Å². The summed E-state index contributed by atoms with van der Waals surface area (Å²) in [6.07, 6.45) is 1.36. The van der Waals surface area contributed by atoms with Gasteiger partial charge in [-0.05, 0) is 13.0 Å². The summed E-state index contributed by atoms with van der Waals surface area (Å²) in [5.74, 6) is 1.76. The van der Waals surface area contributed by atoms with Crippen LogP contribution in [0.5, 0.6) is 0 Å². The highest BCUT2D eigenvalue weighted by atomic mass is 35.5. The van der Waals surface area contributed by atoms with E-state index in [0.29, 0.717) is 16.9 Å². The number of anilines is 1. The van der Waals surface area contributed by atoms with E-state index in [-0.39, 0.29) is 5.56 Å². The van der Waals surface area contributed by atoms with Gasteiger partial charge < -0.3 is 10.0 Å². The number of pyridine rings is 1. The standard InChI is InChI=1S/C11H13ClN2O2S/c1-7-6-17-3-2-14(7)10-9(12)4-8(5-13-10)11(15)16/h4-5,7H,2-3,6H2,1H3,(H,15,16). The van der Waals surface area contributed by atoms with E-state index >= 15 is 0 Å². The molecule has 17 heavy (non-hydrogen) atoms. The molecule has 1 atom stereocenters. The molecule has 0 spiro atoms. The molecular formula is C11H13ClN2O2S. The van der Waals surface area contributed by atoms with Crippen molar-refractivity contribution in [3.8, 4) is 0 Å². The fourth-order valence-electron chi connectivity index (χ4n) is 1.80. The number of carboxylic acid groups (broad SMARTS) is 1. The van der Waals surface area contributed by atoms with Gasteiger partial charge in [-0.1, -0.05) is 11.6 Å². The minimum atomic E-state index is -1.01. The quantitative estimate of drug-likeness (QED) is 0.896. The van der Waals surface area contributed by atoms with Gasteiger partial charge in [-0.15, -0.1) is 0 Å². The molecule has 1 aromatic rings. The van der Waals surface area contributed by atoms with Crippen LogP contribution in [0.2, 0.25) is 5.02 Å². The maximum absolute atomic E-state index is 10.8. The van der Waals surface area contributed by atoms with E-state index in [0.717, 1.165) is 18.1 Å². The first-order valence-electron chi connectivity index (χ1n) is 5.33. The highest BCUT2D eigenvalue weighted by Crippen LogP contribution is 2.29. The molecule has 0 aliphatic carbocycles. The van der Waals surface area contributed by atoms with Crippen LogP contribution in [-0.4, -0.2) is 40.2 Å². The first-order valence-corrected chi connectivity index (χ1v) is 6.86. The Labute approximate surface area is 109 Å². The fourth-order valence-corrected chi connectivity index (χ4v) is 3.09. The Morgan fingerprint density at radius 3 is 3.06 bits per heavy atom. The zero-order valence-corrected chi connectivity index (χ0v) is 11.0. The van der Waals surface area contributed by atoms with Crippen molar-refractivity contribution in [2.45, 2.75) is 13.0 Å². The number of thioether (sulfide) groups is 1. The molecule has 0 bridgehead atoms. The maximum atomic E-state index is 10.8. The van der Waals surface area contributed by atoms with Crippen molar-refractivity contribution in [3.05, 3.63) is 22.8 Å². The number of hydrogen-bond donors (Lipinski definition) is 1. The van der Waals surface area contributed by atoms with E-state index in [1.165, 1.54) is 12.3 Å². The zero-order chi connectivity index (χ0) is 12.4. The molecule has 1 saturated heterocycles. The molecule has 1 fully saturated rings. The fraction of sp³-hybridized carbons (Fsp3) is 0.455. The number of hydrogen-bond acceptors (Lipinski definition) is 4. The number of rotatable bonds is 2. The van der Waals surface area contributed by atoms with Crippen LogP contribution >= 0.6 is 23.4 Å². The summed E-state index contributed by atoms with van der Waals surface area (Å²) in [7, 11) is 0. The molecule has 2 rings (SSSR count). The van der Waals surface area contributed by atoms with Gasteiger partial charge in [-0.2, -0.15) is 11.8 Å². The van der Waals surface area contributed by atoms with Crippen LogP contribution in [0.4, 0.5) is 5.82 Å². The Balaban J connectivity index is 2.29. The highest BCUT2D eigenvalue weighted by Gasteiger charge is 2.22. The second-order valence-electron chi connectivity index (χ2n) is 3.95. The van der Waals surface area contributed by atoms with E-state index in [2.05, 4.69) is 16.8 Å². The lowest BCUT2D eigenvalue weighted by Gasteiger charge is -2.34. The van der Waals surface area contributed by atoms with E-state index in [1.807, 2.05) is 11.8 Å². The summed E-state index contributed by atoms with van der Waals surface area (Å²) in [4.78, 5) is 17.1. The molecule has 1 aliphatic heterocycles. The van der Waals surface area contributed by atoms with E-state index in [9.17, 15) is 4.79 Å². The molecule has 2 heterocycles. The van der Waals surface area contributed by atoms with Crippen molar-refractivity contribution in [1.82, 2.24) is 4.98 Å². The van der Waals surface area contributed by atoms with Crippen LogP contribution in [0, 0.1) is 0 Å². The first kappa shape index (κ1) is 12.5. The number of aromatic carboxylic acids is 1. The van der Waals surface area contributed by atoms with Crippen molar-refractivity contribution in [3.63, 3.8) is 0 Å². The summed E-state index contributed by atoms with van der Waals surface area (Å²) in [5.41, 5.74) is 0.123. The van der Waals surface area contributed by atoms with Crippen molar-refractivity contribution in [2.24, 2.45) is 0 Å². The number of carboxylic acids is 1. The Bertz CT molecular complexity index is 441. The van der Waals surface area contributed by atoms with Crippen molar-refractivity contribution in [1.29, 1.82) is 0 Å². The third-order valence-electron chi connectivity index (χ3n) is 2.71.